The molecule has 1 rings (SSSR count). The molecule has 0 heterocycles. The summed E-state index contributed by atoms with van der Waals surface area (Å²) in [6.07, 6.45) is 3.49. The highest BCUT2D eigenvalue weighted by molar-refractivity contribution is 5.75. The number of carboxylic acid groups (broad SMARTS) is 1. The third-order valence-corrected chi connectivity index (χ3v) is 3.59. The highest BCUT2D eigenvalue weighted by atomic mass is 16.5. The number of carbonyl (C=O) groups is 2. The minimum Gasteiger partial charge on any atom is -0.481 e. The predicted octanol–water partition coefficient (Wildman–Crippen LogP) is 1.11. The zero-order chi connectivity index (χ0) is 13.6. The van der Waals surface area contributed by atoms with E-state index in [1.54, 1.807) is 0 Å². The van der Waals surface area contributed by atoms with Gasteiger partial charge in [0.15, 0.2) is 0 Å². The first kappa shape index (κ1) is 14.8. The van der Waals surface area contributed by atoms with Gasteiger partial charge in [0.1, 0.15) is 0 Å². The Morgan fingerprint density at radius 2 is 2.11 bits per heavy atom. The summed E-state index contributed by atoms with van der Waals surface area (Å²) in [6.45, 7) is 2.26. The molecule has 1 aliphatic carbocycles. The molecular weight excluding hydrogens is 236 g/mol. The Morgan fingerprint density at radius 3 is 2.50 bits per heavy atom. The standard InChI is InChI=1S/C12H22N2O4/c1-3-12(5-4-6-12)14-11(17)13-8-9(18-2)7-10(15)16/h9H,3-8H2,1-2H3,(H,15,16)(H2,13,14,17). The van der Waals surface area contributed by atoms with E-state index in [0.717, 1.165) is 25.7 Å². The van der Waals surface area contributed by atoms with Crippen molar-refractivity contribution in [1.82, 2.24) is 10.6 Å². The SMILES string of the molecule is CCC1(NC(=O)NCC(CC(=O)O)OC)CCC1. The van der Waals surface area contributed by atoms with Crippen LogP contribution in [0, 0.1) is 0 Å². The van der Waals surface area contributed by atoms with Crippen LogP contribution < -0.4 is 10.6 Å². The molecule has 0 saturated heterocycles. The van der Waals surface area contributed by atoms with Gasteiger partial charge in [0, 0.05) is 19.2 Å². The molecule has 0 aromatic heterocycles. The molecule has 6 heteroatoms. The van der Waals surface area contributed by atoms with Crippen molar-refractivity contribution in [2.45, 2.75) is 50.7 Å². The molecule has 3 N–H and O–H groups in total. The van der Waals surface area contributed by atoms with E-state index in [1.807, 2.05) is 0 Å². The quantitative estimate of drug-likeness (QED) is 0.638. The van der Waals surface area contributed by atoms with Crippen molar-refractivity contribution in [3.63, 3.8) is 0 Å². The highest BCUT2D eigenvalue weighted by Gasteiger charge is 2.36. The van der Waals surface area contributed by atoms with E-state index in [9.17, 15) is 9.59 Å². The lowest BCUT2D eigenvalue weighted by atomic mass is 9.75. The molecule has 2 amide bonds. The molecule has 6 nitrogen and oxygen atoms in total. The molecule has 0 aliphatic heterocycles. The zero-order valence-electron chi connectivity index (χ0n) is 11.0. The van der Waals surface area contributed by atoms with Crippen LogP contribution in [0.4, 0.5) is 4.79 Å². The summed E-state index contributed by atoms with van der Waals surface area (Å²) in [6, 6.07) is -0.246. The molecule has 0 bridgehead atoms. The lowest BCUT2D eigenvalue weighted by Crippen LogP contribution is -2.56. The van der Waals surface area contributed by atoms with Gasteiger partial charge in [0.25, 0.3) is 0 Å². The normalized spacial score (nSPS) is 18.6. The smallest absolute Gasteiger partial charge is 0.315 e. The van der Waals surface area contributed by atoms with Crippen molar-refractivity contribution in [1.29, 1.82) is 0 Å². The summed E-state index contributed by atoms with van der Waals surface area (Å²) < 4.78 is 4.98. The van der Waals surface area contributed by atoms with Gasteiger partial charge >= 0.3 is 12.0 Å². The highest BCUT2D eigenvalue weighted by Crippen LogP contribution is 2.34. The van der Waals surface area contributed by atoms with Crippen molar-refractivity contribution in [3.05, 3.63) is 0 Å². The average Bonchev–Trinajstić information content (AvgIpc) is 2.28. The van der Waals surface area contributed by atoms with Crippen molar-refractivity contribution in [2.24, 2.45) is 0 Å². The number of carboxylic acids is 1. The number of carbonyl (C=O) groups excluding carboxylic acids is 1. The van der Waals surface area contributed by atoms with Crippen molar-refractivity contribution in [3.8, 4) is 0 Å². The zero-order valence-corrected chi connectivity index (χ0v) is 11.0. The lowest BCUT2D eigenvalue weighted by molar-refractivity contribution is -0.139. The minimum absolute atomic E-state index is 0.0561. The van der Waals surface area contributed by atoms with Crippen molar-refractivity contribution >= 4 is 12.0 Å². The first-order valence-corrected chi connectivity index (χ1v) is 6.32. The fourth-order valence-electron chi connectivity index (χ4n) is 2.10. The van der Waals surface area contributed by atoms with Gasteiger partial charge in [0.05, 0.1) is 12.5 Å². The van der Waals surface area contributed by atoms with Crippen LogP contribution in [-0.4, -0.2) is 42.4 Å². The van der Waals surface area contributed by atoms with Crippen LogP contribution in [0.3, 0.4) is 0 Å². The maximum Gasteiger partial charge on any atom is 0.315 e. The van der Waals surface area contributed by atoms with Crippen LogP contribution in [-0.2, 0) is 9.53 Å². The second-order valence-electron chi connectivity index (χ2n) is 4.78. The van der Waals surface area contributed by atoms with E-state index in [0.29, 0.717) is 0 Å². The Balaban J connectivity index is 2.29. The van der Waals surface area contributed by atoms with Crippen LogP contribution in [0.1, 0.15) is 39.0 Å². The third kappa shape index (κ3) is 4.18. The summed E-state index contributed by atoms with van der Waals surface area (Å²) in [5.74, 6) is -0.937. The summed E-state index contributed by atoms with van der Waals surface area (Å²) in [5, 5.41) is 14.3. The fraction of sp³-hybridized carbons (Fsp3) is 0.833. The molecule has 0 aromatic rings. The number of ether oxygens (including phenoxy) is 1. The Kier molecular flexibility index (Phi) is 5.40. The summed E-state index contributed by atoms with van der Waals surface area (Å²) >= 11 is 0. The van der Waals surface area contributed by atoms with E-state index in [2.05, 4.69) is 17.6 Å². The van der Waals surface area contributed by atoms with E-state index in [-0.39, 0.29) is 24.5 Å². The van der Waals surface area contributed by atoms with Crippen LogP contribution in [0.15, 0.2) is 0 Å². The van der Waals surface area contributed by atoms with E-state index in [4.69, 9.17) is 9.84 Å². The van der Waals surface area contributed by atoms with Gasteiger partial charge in [-0.05, 0) is 25.7 Å². The molecule has 18 heavy (non-hydrogen) atoms. The van der Waals surface area contributed by atoms with Gasteiger partial charge in [-0.15, -0.1) is 0 Å². The molecule has 0 radical (unpaired) electrons. The molecular formula is C12H22N2O4. The Labute approximate surface area is 107 Å². The topological polar surface area (TPSA) is 87.7 Å². The maximum atomic E-state index is 11.7. The minimum atomic E-state index is -0.937. The Hall–Kier alpha value is -1.30. The number of hydrogen-bond acceptors (Lipinski definition) is 3. The number of hydrogen-bond donors (Lipinski definition) is 3. The van der Waals surface area contributed by atoms with Gasteiger partial charge < -0.3 is 20.5 Å². The van der Waals surface area contributed by atoms with Gasteiger partial charge in [0.2, 0.25) is 0 Å². The van der Waals surface area contributed by atoms with E-state index in [1.165, 1.54) is 7.11 Å². The lowest BCUT2D eigenvalue weighted by Gasteiger charge is -2.41. The van der Waals surface area contributed by atoms with Gasteiger partial charge in [-0.25, -0.2) is 4.79 Å². The largest absolute Gasteiger partial charge is 0.481 e. The monoisotopic (exact) mass is 258 g/mol. The third-order valence-electron chi connectivity index (χ3n) is 3.59. The maximum absolute atomic E-state index is 11.7. The molecule has 0 spiro atoms. The second kappa shape index (κ2) is 6.58. The number of rotatable bonds is 7. The molecule has 1 aliphatic rings. The van der Waals surface area contributed by atoms with Gasteiger partial charge in [-0.2, -0.15) is 0 Å². The molecule has 1 fully saturated rings. The number of amides is 2. The number of nitrogens with one attached hydrogen (secondary N) is 2. The Bertz CT molecular complexity index is 297. The first-order valence-electron chi connectivity index (χ1n) is 6.32. The van der Waals surface area contributed by atoms with Crippen LogP contribution >= 0.6 is 0 Å². The fourth-order valence-corrected chi connectivity index (χ4v) is 2.10. The summed E-state index contributed by atoms with van der Waals surface area (Å²) in [4.78, 5) is 22.2. The van der Waals surface area contributed by atoms with Gasteiger partial charge in [-0.1, -0.05) is 6.92 Å². The summed E-state index contributed by atoms with van der Waals surface area (Å²) in [7, 11) is 1.44. The Morgan fingerprint density at radius 1 is 1.44 bits per heavy atom. The van der Waals surface area contributed by atoms with Crippen molar-refractivity contribution in [2.75, 3.05) is 13.7 Å². The van der Waals surface area contributed by atoms with Crippen molar-refractivity contribution < 1.29 is 19.4 Å². The predicted molar refractivity (Wildman–Crippen MR) is 66.5 cm³/mol. The second-order valence-corrected chi connectivity index (χ2v) is 4.78. The molecule has 104 valence electrons. The van der Waals surface area contributed by atoms with E-state index >= 15 is 0 Å². The number of urea groups is 1. The van der Waals surface area contributed by atoms with E-state index < -0.39 is 12.1 Å². The summed E-state index contributed by atoms with van der Waals surface area (Å²) in [5.41, 5.74) is -0.0561. The van der Waals surface area contributed by atoms with Gasteiger partial charge in [-0.3, -0.25) is 4.79 Å². The molecule has 1 atom stereocenters. The van der Waals surface area contributed by atoms with Crippen LogP contribution in [0.2, 0.25) is 0 Å². The molecule has 0 aromatic carbocycles. The number of aliphatic carboxylic acids is 1. The van der Waals surface area contributed by atoms with Crippen LogP contribution in [0.25, 0.3) is 0 Å². The average molecular weight is 258 g/mol. The van der Waals surface area contributed by atoms with Crippen LogP contribution in [0.5, 0.6) is 0 Å². The first-order chi connectivity index (χ1) is 8.51. The molecule has 1 unspecified atom stereocenters. The number of methoxy groups -OCH3 is 1. The molecule has 1 saturated carbocycles.